The van der Waals surface area contributed by atoms with E-state index in [9.17, 15) is 0 Å². The van der Waals surface area contributed by atoms with Gasteiger partial charge in [0.1, 0.15) is 0 Å². The van der Waals surface area contributed by atoms with Crippen molar-refractivity contribution >= 4 is 23.0 Å². The summed E-state index contributed by atoms with van der Waals surface area (Å²) in [6.45, 7) is 6.46. The van der Waals surface area contributed by atoms with Gasteiger partial charge in [-0.3, -0.25) is 0 Å². The smallest absolute Gasteiger partial charge is 0.170 e. The number of ether oxygens (including phenoxy) is 1. The maximum absolute atomic E-state index is 5.45. The molecule has 0 heterocycles. The minimum Gasteiger partial charge on any atom is -0.379 e. The van der Waals surface area contributed by atoms with E-state index in [2.05, 4.69) is 24.5 Å². The second-order valence-corrected chi connectivity index (χ2v) is 4.62. The van der Waals surface area contributed by atoms with Gasteiger partial charge in [-0.1, -0.05) is 32.0 Å². The molecular weight excluding hydrogens is 232 g/mol. The van der Waals surface area contributed by atoms with Gasteiger partial charge in [-0.15, -0.1) is 0 Å². The molecule has 3 nitrogen and oxygen atoms in total. The first-order chi connectivity index (χ1) is 8.18. The van der Waals surface area contributed by atoms with Crippen molar-refractivity contribution in [3.8, 4) is 0 Å². The van der Waals surface area contributed by atoms with Gasteiger partial charge < -0.3 is 15.4 Å². The van der Waals surface area contributed by atoms with Crippen LogP contribution < -0.4 is 10.6 Å². The van der Waals surface area contributed by atoms with Crippen LogP contribution in [0.5, 0.6) is 0 Å². The van der Waals surface area contributed by atoms with Crippen LogP contribution in [0.15, 0.2) is 30.3 Å². The van der Waals surface area contributed by atoms with Crippen LogP contribution in [0.2, 0.25) is 0 Å². The van der Waals surface area contributed by atoms with Gasteiger partial charge in [0, 0.05) is 18.8 Å². The molecule has 0 saturated heterocycles. The fourth-order valence-corrected chi connectivity index (χ4v) is 1.47. The lowest BCUT2D eigenvalue weighted by atomic mass is 10.2. The van der Waals surface area contributed by atoms with Gasteiger partial charge in [-0.05, 0) is 30.3 Å². The molecular formula is C13H20N2OS. The molecule has 0 amide bonds. The summed E-state index contributed by atoms with van der Waals surface area (Å²) in [7, 11) is 0. The quantitative estimate of drug-likeness (QED) is 0.602. The van der Waals surface area contributed by atoms with E-state index in [0.29, 0.717) is 17.6 Å². The third-order valence-electron chi connectivity index (χ3n) is 2.01. The minimum absolute atomic E-state index is 0.574. The van der Waals surface area contributed by atoms with E-state index in [0.717, 1.165) is 18.8 Å². The van der Waals surface area contributed by atoms with Crippen molar-refractivity contribution in [2.75, 3.05) is 25.1 Å². The Labute approximate surface area is 109 Å². The van der Waals surface area contributed by atoms with E-state index in [1.807, 2.05) is 30.3 Å². The minimum atomic E-state index is 0.574. The lowest BCUT2D eigenvalue weighted by Gasteiger charge is -2.11. The van der Waals surface area contributed by atoms with Crippen LogP contribution in [0.1, 0.15) is 13.8 Å². The number of thiocarbonyl (C=S) groups is 1. The summed E-state index contributed by atoms with van der Waals surface area (Å²) >= 11 is 5.16. The second kappa shape index (κ2) is 8.03. The van der Waals surface area contributed by atoms with Crippen LogP contribution >= 0.6 is 12.2 Å². The third kappa shape index (κ3) is 6.92. The Kier molecular flexibility index (Phi) is 6.58. The van der Waals surface area contributed by atoms with Gasteiger partial charge in [0.2, 0.25) is 0 Å². The third-order valence-corrected chi connectivity index (χ3v) is 2.26. The number of benzene rings is 1. The topological polar surface area (TPSA) is 33.3 Å². The zero-order valence-electron chi connectivity index (χ0n) is 10.4. The van der Waals surface area contributed by atoms with Crippen molar-refractivity contribution in [1.29, 1.82) is 0 Å². The van der Waals surface area contributed by atoms with E-state index >= 15 is 0 Å². The molecule has 17 heavy (non-hydrogen) atoms. The highest BCUT2D eigenvalue weighted by molar-refractivity contribution is 7.80. The summed E-state index contributed by atoms with van der Waals surface area (Å²) in [4.78, 5) is 0. The zero-order chi connectivity index (χ0) is 12.5. The van der Waals surface area contributed by atoms with Crippen molar-refractivity contribution < 1.29 is 4.74 Å². The Morgan fingerprint density at radius 1 is 1.29 bits per heavy atom. The summed E-state index contributed by atoms with van der Waals surface area (Å²) in [5, 5.41) is 6.84. The summed E-state index contributed by atoms with van der Waals surface area (Å²) in [5.74, 6) is 0.574. The Bertz CT molecular complexity index is 327. The molecule has 1 aromatic rings. The van der Waals surface area contributed by atoms with Crippen LogP contribution in [-0.2, 0) is 4.74 Å². The molecule has 0 atom stereocenters. The summed E-state index contributed by atoms with van der Waals surface area (Å²) in [5.41, 5.74) is 0.994. The Hall–Kier alpha value is -1.13. The largest absolute Gasteiger partial charge is 0.379 e. The van der Waals surface area contributed by atoms with Crippen LogP contribution in [0.25, 0.3) is 0 Å². The summed E-state index contributed by atoms with van der Waals surface area (Å²) in [6.07, 6.45) is 0. The van der Waals surface area contributed by atoms with Crippen molar-refractivity contribution in [3.05, 3.63) is 30.3 Å². The van der Waals surface area contributed by atoms with Crippen LogP contribution in [0, 0.1) is 5.92 Å². The monoisotopic (exact) mass is 252 g/mol. The molecule has 0 aromatic heterocycles. The number of rotatable bonds is 6. The molecule has 4 heteroatoms. The highest BCUT2D eigenvalue weighted by Crippen LogP contribution is 2.04. The molecule has 0 radical (unpaired) electrons. The molecule has 94 valence electrons. The Morgan fingerprint density at radius 2 is 2.00 bits per heavy atom. The highest BCUT2D eigenvalue weighted by atomic mass is 32.1. The number of hydrogen-bond donors (Lipinski definition) is 2. The first-order valence-corrected chi connectivity index (χ1v) is 6.27. The molecule has 1 aromatic carbocycles. The first-order valence-electron chi connectivity index (χ1n) is 5.86. The maximum Gasteiger partial charge on any atom is 0.170 e. The van der Waals surface area contributed by atoms with E-state index in [1.165, 1.54) is 0 Å². The average molecular weight is 252 g/mol. The molecule has 0 fully saturated rings. The molecule has 0 aliphatic heterocycles. The van der Waals surface area contributed by atoms with Gasteiger partial charge in [-0.2, -0.15) is 0 Å². The molecule has 0 bridgehead atoms. The van der Waals surface area contributed by atoms with Crippen LogP contribution in [0.3, 0.4) is 0 Å². The molecule has 1 rings (SSSR count). The van der Waals surface area contributed by atoms with Crippen molar-refractivity contribution in [3.63, 3.8) is 0 Å². The summed E-state index contributed by atoms with van der Waals surface area (Å²) in [6, 6.07) is 9.86. The summed E-state index contributed by atoms with van der Waals surface area (Å²) < 4.78 is 5.45. The normalized spacial score (nSPS) is 10.3. The lowest BCUT2D eigenvalue weighted by molar-refractivity contribution is 0.114. The number of para-hydroxylation sites is 1. The fraction of sp³-hybridized carbons (Fsp3) is 0.462. The number of hydrogen-bond acceptors (Lipinski definition) is 2. The fourth-order valence-electron chi connectivity index (χ4n) is 1.25. The van der Waals surface area contributed by atoms with Gasteiger partial charge in [0.05, 0.1) is 6.61 Å². The highest BCUT2D eigenvalue weighted by Gasteiger charge is 1.97. The number of nitrogens with one attached hydrogen (secondary N) is 2. The molecule has 0 aliphatic carbocycles. The molecule has 0 aliphatic rings. The first kappa shape index (κ1) is 13.9. The predicted octanol–water partition coefficient (Wildman–Crippen LogP) is 2.65. The SMILES string of the molecule is CC(C)COCCNC(=S)Nc1ccccc1. The van der Waals surface area contributed by atoms with Crippen molar-refractivity contribution in [2.24, 2.45) is 5.92 Å². The Morgan fingerprint density at radius 3 is 2.65 bits per heavy atom. The van der Waals surface area contributed by atoms with E-state index < -0.39 is 0 Å². The van der Waals surface area contributed by atoms with Gasteiger partial charge in [0.15, 0.2) is 5.11 Å². The van der Waals surface area contributed by atoms with Gasteiger partial charge in [-0.25, -0.2) is 0 Å². The van der Waals surface area contributed by atoms with Gasteiger partial charge in [0.25, 0.3) is 0 Å². The average Bonchev–Trinajstić information content (AvgIpc) is 2.29. The van der Waals surface area contributed by atoms with E-state index in [-0.39, 0.29) is 0 Å². The molecule has 0 saturated carbocycles. The van der Waals surface area contributed by atoms with Crippen molar-refractivity contribution in [2.45, 2.75) is 13.8 Å². The molecule has 2 N–H and O–H groups in total. The van der Waals surface area contributed by atoms with Crippen LogP contribution in [0.4, 0.5) is 5.69 Å². The van der Waals surface area contributed by atoms with Crippen molar-refractivity contribution in [1.82, 2.24) is 5.32 Å². The number of anilines is 1. The Balaban J connectivity index is 2.10. The van der Waals surface area contributed by atoms with Crippen LogP contribution in [-0.4, -0.2) is 24.9 Å². The van der Waals surface area contributed by atoms with E-state index in [1.54, 1.807) is 0 Å². The standard InChI is InChI=1S/C13H20N2OS/c1-11(2)10-16-9-8-14-13(17)15-12-6-4-3-5-7-12/h3-7,11H,8-10H2,1-2H3,(H2,14,15,17). The lowest BCUT2D eigenvalue weighted by Crippen LogP contribution is -2.31. The van der Waals surface area contributed by atoms with E-state index in [4.69, 9.17) is 17.0 Å². The second-order valence-electron chi connectivity index (χ2n) is 4.22. The zero-order valence-corrected chi connectivity index (χ0v) is 11.2. The maximum atomic E-state index is 5.45. The molecule has 0 spiro atoms. The van der Waals surface area contributed by atoms with Gasteiger partial charge >= 0.3 is 0 Å². The molecule has 0 unspecified atom stereocenters. The predicted molar refractivity (Wildman–Crippen MR) is 76.3 cm³/mol.